The number of halogens is 1. The van der Waals surface area contributed by atoms with Crippen LogP contribution < -0.4 is 5.32 Å². The van der Waals surface area contributed by atoms with E-state index in [2.05, 4.69) is 28.2 Å². The number of morpholine rings is 1. The van der Waals surface area contributed by atoms with E-state index < -0.39 is 0 Å². The van der Waals surface area contributed by atoms with Gasteiger partial charge in [0.25, 0.3) is 0 Å². The van der Waals surface area contributed by atoms with Gasteiger partial charge in [0.15, 0.2) is 0 Å². The van der Waals surface area contributed by atoms with Gasteiger partial charge in [-0.15, -0.1) is 0 Å². The Morgan fingerprint density at radius 2 is 2.09 bits per heavy atom. The molecule has 0 spiro atoms. The molecular weight excluding hydrogens is 298 g/mol. The van der Waals surface area contributed by atoms with Crippen molar-refractivity contribution in [1.82, 2.24) is 9.88 Å². The Balaban J connectivity index is 1.65. The minimum Gasteiger partial charge on any atom is -0.379 e. The molecule has 1 aliphatic heterocycles. The van der Waals surface area contributed by atoms with Gasteiger partial charge in [-0.05, 0) is 36.8 Å². The zero-order valence-corrected chi connectivity index (χ0v) is 13.6. The van der Waals surface area contributed by atoms with E-state index in [0.717, 1.165) is 61.0 Å². The third kappa shape index (κ3) is 3.69. The highest BCUT2D eigenvalue weighted by molar-refractivity contribution is 6.31. The third-order valence-electron chi connectivity index (χ3n) is 4.20. The van der Waals surface area contributed by atoms with Crippen molar-refractivity contribution in [1.29, 1.82) is 0 Å². The Labute approximate surface area is 136 Å². The van der Waals surface area contributed by atoms with Gasteiger partial charge in [-0.25, -0.2) is 4.98 Å². The van der Waals surface area contributed by atoms with Crippen molar-refractivity contribution in [3.8, 4) is 0 Å². The average molecular weight is 320 g/mol. The Hall–Kier alpha value is -1.36. The van der Waals surface area contributed by atoms with Gasteiger partial charge < -0.3 is 10.1 Å². The normalized spacial score (nSPS) is 17.5. The van der Waals surface area contributed by atoms with Crippen LogP contribution >= 0.6 is 11.6 Å². The van der Waals surface area contributed by atoms with Crippen molar-refractivity contribution in [3.05, 3.63) is 35.4 Å². The van der Waals surface area contributed by atoms with Crippen LogP contribution in [-0.2, 0) is 4.74 Å². The quantitative estimate of drug-likeness (QED) is 0.916. The first-order valence-corrected chi connectivity index (χ1v) is 8.26. The van der Waals surface area contributed by atoms with E-state index in [1.54, 1.807) is 0 Å². The van der Waals surface area contributed by atoms with Crippen LogP contribution in [0.15, 0.2) is 30.3 Å². The molecule has 1 aromatic heterocycles. The highest BCUT2D eigenvalue weighted by atomic mass is 35.5. The molecule has 2 heterocycles. The van der Waals surface area contributed by atoms with Crippen LogP contribution in [0.25, 0.3) is 10.9 Å². The summed E-state index contributed by atoms with van der Waals surface area (Å²) in [6.45, 7) is 6.85. The molecule has 0 amide bonds. The molecule has 22 heavy (non-hydrogen) atoms. The fourth-order valence-corrected chi connectivity index (χ4v) is 3.07. The van der Waals surface area contributed by atoms with Gasteiger partial charge in [0.1, 0.15) is 5.82 Å². The first-order valence-electron chi connectivity index (χ1n) is 7.88. The predicted molar refractivity (Wildman–Crippen MR) is 91.7 cm³/mol. The number of benzene rings is 1. The standard InChI is InChI=1S/C17H22ClN3O/c1-2-15(21-7-9-22-10-8-21)12-19-17-6-3-13-11-14(18)4-5-16(13)20-17/h3-6,11,15H,2,7-10,12H2,1H3,(H,19,20). The molecule has 0 aliphatic carbocycles. The second-order valence-corrected chi connectivity index (χ2v) is 6.06. The number of nitrogens with zero attached hydrogens (tertiary/aromatic N) is 2. The van der Waals surface area contributed by atoms with E-state index in [1.807, 2.05) is 24.3 Å². The number of anilines is 1. The molecule has 1 N–H and O–H groups in total. The van der Waals surface area contributed by atoms with Crippen molar-refractivity contribution in [3.63, 3.8) is 0 Å². The minimum absolute atomic E-state index is 0.520. The van der Waals surface area contributed by atoms with Crippen LogP contribution in [0.3, 0.4) is 0 Å². The molecule has 4 nitrogen and oxygen atoms in total. The number of ether oxygens (including phenoxy) is 1. The van der Waals surface area contributed by atoms with Crippen LogP contribution in [-0.4, -0.2) is 48.8 Å². The molecule has 1 atom stereocenters. The van der Waals surface area contributed by atoms with Crippen molar-refractivity contribution in [2.45, 2.75) is 19.4 Å². The maximum absolute atomic E-state index is 6.01. The molecule has 5 heteroatoms. The second-order valence-electron chi connectivity index (χ2n) is 5.62. The summed E-state index contributed by atoms with van der Waals surface area (Å²) in [4.78, 5) is 7.15. The van der Waals surface area contributed by atoms with Gasteiger partial charge in [-0.2, -0.15) is 0 Å². The summed E-state index contributed by atoms with van der Waals surface area (Å²) in [5, 5.41) is 5.28. The summed E-state index contributed by atoms with van der Waals surface area (Å²) >= 11 is 6.01. The summed E-state index contributed by atoms with van der Waals surface area (Å²) in [6.07, 6.45) is 1.12. The smallest absolute Gasteiger partial charge is 0.126 e. The van der Waals surface area contributed by atoms with Crippen LogP contribution in [0.1, 0.15) is 13.3 Å². The molecule has 0 radical (unpaired) electrons. The van der Waals surface area contributed by atoms with Gasteiger partial charge in [0.05, 0.1) is 18.7 Å². The van der Waals surface area contributed by atoms with Gasteiger partial charge in [-0.3, -0.25) is 4.90 Å². The lowest BCUT2D eigenvalue weighted by Gasteiger charge is -2.34. The molecule has 3 rings (SSSR count). The van der Waals surface area contributed by atoms with Crippen molar-refractivity contribution in [2.75, 3.05) is 38.2 Å². The van der Waals surface area contributed by atoms with E-state index in [4.69, 9.17) is 16.3 Å². The lowest BCUT2D eigenvalue weighted by atomic mass is 10.1. The van der Waals surface area contributed by atoms with Gasteiger partial charge in [-0.1, -0.05) is 18.5 Å². The number of pyridine rings is 1. The molecule has 1 fully saturated rings. The Kier molecular flexibility index (Phi) is 5.13. The predicted octanol–water partition coefficient (Wildman–Crippen LogP) is 3.41. The van der Waals surface area contributed by atoms with Crippen LogP contribution in [0.2, 0.25) is 5.02 Å². The highest BCUT2D eigenvalue weighted by Gasteiger charge is 2.19. The summed E-state index contributed by atoms with van der Waals surface area (Å²) < 4.78 is 5.43. The molecule has 2 aromatic rings. The molecule has 1 aromatic carbocycles. The van der Waals surface area contributed by atoms with Crippen molar-refractivity contribution >= 4 is 28.3 Å². The lowest BCUT2D eigenvalue weighted by Crippen LogP contribution is -2.46. The van der Waals surface area contributed by atoms with Gasteiger partial charge in [0, 0.05) is 36.1 Å². The first-order chi connectivity index (χ1) is 10.8. The Morgan fingerprint density at radius 3 is 2.86 bits per heavy atom. The van der Waals surface area contributed by atoms with Crippen molar-refractivity contribution < 1.29 is 4.74 Å². The summed E-state index contributed by atoms with van der Waals surface area (Å²) in [6, 6.07) is 10.4. The molecule has 0 bridgehead atoms. The van der Waals surface area contributed by atoms with Crippen molar-refractivity contribution in [2.24, 2.45) is 0 Å². The SMILES string of the molecule is CCC(CNc1ccc2cc(Cl)ccc2n1)N1CCOCC1. The number of fused-ring (bicyclic) bond motifs is 1. The fraction of sp³-hybridized carbons (Fsp3) is 0.471. The topological polar surface area (TPSA) is 37.4 Å². The summed E-state index contributed by atoms with van der Waals surface area (Å²) in [7, 11) is 0. The maximum Gasteiger partial charge on any atom is 0.126 e. The van der Waals surface area contributed by atoms with Crippen LogP contribution in [0.5, 0.6) is 0 Å². The first kappa shape index (κ1) is 15.5. The third-order valence-corrected chi connectivity index (χ3v) is 4.44. The van der Waals surface area contributed by atoms with E-state index in [9.17, 15) is 0 Å². The summed E-state index contributed by atoms with van der Waals surface area (Å²) in [5.74, 6) is 0.918. The Bertz CT molecular complexity index is 628. The fourth-order valence-electron chi connectivity index (χ4n) is 2.89. The monoisotopic (exact) mass is 319 g/mol. The number of nitrogens with one attached hydrogen (secondary N) is 1. The van der Waals surface area contributed by atoms with Crippen LogP contribution in [0, 0.1) is 0 Å². The van der Waals surface area contributed by atoms with Crippen LogP contribution in [0.4, 0.5) is 5.82 Å². The zero-order valence-electron chi connectivity index (χ0n) is 12.9. The number of rotatable bonds is 5. The Morgan fingerprint density at radius 1 is 1.27 bits per heavy atom. The largest absolute Gasteiger partial charge is 0.379 e. The molecule has 0 saturated carbocycles. The molecule has 1 saturated heterocycles. The number of hydrogen-bond acceptors (Lipinski definition) is 4. The highest BCUT2D eigenvalue weighted by Crippen LogP contribution is 2.20. The zero-order chi connectivity index (χ0) is 15.4. The number of aromatic nitrogens is 1. The molecule has 118 valence electrons. The second kappa shape index (κ2) is 7.27. The van der Waals surface area contributed by atoms with E-state index >= 15 is 0 Å². The lowest BCUT2D eigenvalue weighted by molar-refractivity contribution is 0.0184. The molecule has 1 aliphatic rings. The summed E-state index contributed by atoms with van der Waals surface area (Å²) in [5.41, 5.74) is 0.967. The number of hydrogen-bond donors (Lipinski definition) is 1. The van der Waals surface area contributed by atoms with Gasteiger partial charge in [0.2, 0.25) is 0 Å². The van der Waals surface area contributed by atoms with Gasteiger partial charge >= 0.3 is 0 Å². The maximum atomic E-state index is 6.01. The van der Waals surface area contributed by atoms with E-state index in [-0.39, 0.29) is 0 Å². The average Bonchev–Trinajstić information content (AvgIpc) is 2.56. The van der Waals surface area contributed by atoms with E-state index in [1.165, 1.54) is 0 Å². The minimum atomic E-state index is 0.520. The molecule has 1 unspecified atom stereocenters. The molecular formula is C17H22ClN3O. The van der Waals surface area contributed by atoms with E-state index in [0.29, 0.717) is 6.04 Å².